The van der Waals surface area contributed by atoms with Gasteiger partial charge in [0.2, 0.25) is 5.78 Å². The maximum Gasteiger partial charge on any atom is 0.255 e. The zero-order valence-electron chi connectivity index (χ0n) is 17.8. The van der Waals surface area contributed by atoms with Gasteiger partial charge in [0.1, 0.15) is 22.8 Å². The minimum absolute atomic E-state index is 0.0974. The molecule has 3 aliphatic carbocycles. The highest BCUT2D eigenvalue weighted by molar-refractivity contribution is 6.23. The maximum atomic E-state index is 13.4. The van der Waals surface area contributed by atoms with Gasteiger partial charge >= 0.3 is 0 Å². The number of ketones is 2. The Morgan fingerprint density at radius 1 is 1.10 bits per heavy atom. The topological polar surface area (TPSA) is 158 Å². The summed E-state index contributed by atoms with van der Waals surface area (Å²) in [4.78, 5) is 37.7. The van der Waals surface area contributed by atoms with E-state index in [1.165, 1.54) is 13.0 Å². The maximum absolute atomic E-state index is 13.4. The van der Waals surface area contributed by atoms with Crippen LogP contribution < -0.4 is 5.73 Å². The Morgan fingerprint density at radius 2 is 1.71 bits per heavy atom. The number of aromatic hydroxyl groups is 1. The Labute approximate surface area is 179 Å². The minimum atomic E-state index is -2.56. The number of fused-ring (bicyclic) bond motifs is 3. The highest BCUT2D eigenvalue weighted by Crippen LogP contribution is 2.56. The number of rotatable bonds is 1. The van der Waals surface area contributed by atoms with Crippen molar-refractivity contribution in [1.82, 2.24) is 0 Å². The molecule has 5 atom stereocenters. The molecule has 1 aromatic rings. The summed E-state index contributed by atoms with van der Waals surface area (Å²) in [6.45, 7) is 7.30. The van der Waals surface area contributed by atoms with Crippen LogP contribution in [0.1, 0.15) is 51.2 Å². The lowest BCUT2D eigenvalue weighted by Crippen LogP contribution is -2.61. The number of Topliss-reactive ketones (excluding diaryl/α,β-unsaturated/α-hetero) is 2. The van der Waals surface area contributed by atoms with Gasteiger partial charge in [0.15, 0.2) is 11.4 Å². The Kier molecular flexibility index (Phi) is 5.48. The number of hydrogen-bond acceptors (Lipinski definition) is 7. The largest absolute Gasteiger partial charge is 0.508 e. The van der Waals surface area contributed by atoms with Crippen LogP contribution in [0.2, 0.25) is 0 Å². The van der Waals surface area contributed by atoms with Crippen LogP contribution >= 0.6 is 0 Å². The Balaban J connectivity index is 0.00000132. The predicted molar refractivity (Wildman–Crippen MR) is 112 cm³/mol. The molecule has 0 heterocycles. The van der Waals surface area contributed by atoms with E-state index in [0.29, 0.717) is 5.56 Å². The number of aliphatic hydroxyl groups is 3. The zero-order chi connectivity index (χ0) is 23.4. The van der Waals surface area contributed by atoms with Gasteiger partial charge in [0.25, 0.3) is 5.91 Å². The fraction of sp³-hybridized carbons (Fsp3) is 0.435. The van der Waals surface area contributed by atoms with Crippen molar-refractivity contribution < 1.29 is 34.8 Å². The number of nitrogens with two attached hydrogens (primary N) is 1. The van der Waals surface area contributed by atoms with E-state index in [1.54, 1.807) is 12.1 Å². The number of carbonyl (C=O) groups excluding carboxylic acids is 3. The lowest BCUT2D eigenvalue weighted by molar-refractivity contribution is -0.152. The molecular weight excluding hydrogens is 402 g/mol. The van der Waals surface area contributed by atoms with Gasteiger partial charge in [0.05, 0.1) is 5.56 Å². The number of primary amides is 1. The van der Waals surface area contributed by atoms with E-state index in [9.17, 15) is 34.8 Å². The van der Waals surface area contributed by atoms with Crippen LogP contribution in [-0.2, 0) is 14.4 Å². The Bertz CT molecular complexity index is 1050. The molecule has 0 spiro atoms. The van der Waals surface area contributed by atoms with Gasteiger partial charge in [-0.25, -0.2) is 0 Å². The number of hydrogen-bond donors (Lipinski definition) is 5. The van der Waals surface area contributed by atoms with Gasteiger partial charge in [-0.15, -0.1) is 0 Å². The third kappa shape index (κ3) is 2.81. The number of amides is 1. The van der Waals surface area contributed by atoms with E-state index < -0.39 is 57.9 Å². The first kappa shape index (κ1) is 22.6. The van der Waals surface area contributed by atoms with E-state index in [-0.39, 0.29) is 29.2 Å². The van der Waals surface area contributed by atoms with Crippen LogP contribution in [0, 0.1) is 17.8 Å². The van der Waals surface area contributed by atoms with Crippen molar-refractivity contribution in [2.24, 2.45) is 23.5 Å². The Morgan fingerprint density at radius 3 is 2.29 bits per heavy atom. The Hall–Kier alpha value is -3.13. The third-order valence-corrected chi connectivity index (χ3v) is 6.77. The molecule has 0 saturated heterocycles. The molecule has 166 valence electrons. The number of carbonyl (C=O) groups is 3. The average Bonchev–Trinajstić information content (AvgIpc) is 2.73. The molecule has 1 aromatic carbocycles. The van der Waals surface area contributed by atoms with E-state index in [0.717, 1.165) is 0 Å². The average molecular weight is 429 g/mol. The first-order valence-electron chi connectivity index (χ1n) is 10.3. The lowest BCUT2D eigenvalue weighted by Gasteiger charge is -2.49. The van der Waals surface area contributed by atoms with Gasteiger partial charge in [-0.2, -0.15) is 0 Å². The summed E-state index contributed by atoms with van der Waals surface area (Å²) >= 11 is 0. The molecule has 8 heteroatoms. The summed E-state index contributed by atoms with van der Waals surface area (Å²) in [5.41, 5.74) is 2.45. The van der Waals surface area contributed by atoms with Crippen LogP contribution in [0.5, 0.6) is 5.75 Å². The summed E-state index contributed by atoms with van der Waals surface area (Å²) < 4.78 is 0. The fourth-order valence-electron chi connectivity index (χ4n) is 5.19. The van der Waals surface area contributed by atoms with Crippen LogP contribution in [0.3, 0.4) is 0 Å². The highest BCUT2D eigenvalue weighted by atomic mass is 16.3. The van der Waals surface area contributed by atoms with Crippen molar-refractivity contribution in [2.75, 3.05) is 0 Å². The van der Waals surface area contributed by atoms with Crippen molar-refractivity contribution in [3.05, 3.63) is 46.2 Å². The molecule has 0 bridgehead atoms. The van der Waals surface area contributed by atoms with E-state index in [1.807, 2.05) is 20.8 Å². The van der Waals surface area contributed by atoms with Crippen molar-refractivity contribution in [2.45, 2.75) is 45.6 Å². The van der Waals surface area contributed by atoms with E-state index >= 15 is 0 Å². The molecule has 1 saturated carbocycles. The second-order valence-electron chi connectivity index (χ2n) is 8.08. The number of aliphatic hydroxyl groups excluding tert-OH is 2. The van der Waals surface area contributed by atoms with Crippen LogP contribution in [-0.4, -0.2) is 43.5 Å². The molecule has 1 amide bonds. The summed E-state index contributed by atoms with van der Waals surface area (Å²) in [6, 6.07) is 4.73. The molecule has 0 radical (unpaired) electrons. The van der Waals surface area contributed by atoms with Crippen LogP contribution in [0.15, 0.2) is 35.1 Å². The van der Waals surface area contributed by atoms with E-state index in [2.05, 4.69) is 0 Å². The molecule has 3 aliphatic rings. The zero-order valence-corrected chi connectivity index (χ0v) is 17.8. The molecule has 0 aliphatic heterocycles. The number of phenols is 1. The first-order chi connectivity index (χ1) is 14.5. The molecule has 4 rings (SSSR count). The molecule has 0 aromatic heterocycles. The van der Waals surface area contributed by atoms with Gasteiger partial charge in [-0.3, -0.25) is 14.4 Å². The molecular formula is C23H27NO7. The lowest BCUT2D eigenvalue weighted by atomic mass is 9.54. The molecule has 1 fully saturated rings. The predicted octanol–water partition coefficient (Wildman–Crippen LogP) is 2.26. The van der Waals surface area contributed by atoms with Crippen molar-refractivity contribution in [3.63, 3.8) is 0 Å². The van der Waals surface area contributed by atoms with Crippen molar-refractivity contribution >= 4 is 23.2 Å². The number of phenolic OH excluding ortho intramolecular Hbond substituents is 1. The van der Waals surface area contributed by atoms with Crippen LogP contribution in [0.4, 0.5) is 0 Å². The van der Waals surface area contributed by atoms with Gasteiger partial charge < -0.3 is 26.2 Å². The van der Waals surface area contributed by atoms with E-state index in [4.69, 9.17) is 5.73 Å². The van der Waals surface area contributed by atoms with Gasteiger partial charge in [0, 0.05) is 17.4 Å². The quantitative estimate of drug-likeness (QED) is 0.428. The van der Waals surface area contributed by atoms with Crippen molar-refractivity contribution in [3.8, 4) is 5.75 Å². The third-order valence-electron chi connectivity index (χ3n) is 6.77. The minimum Gasteiger partial charge on any atom is -0.508 e. The highest BCUT2D eigenvalue weighted by Gasteiger charge is 2.63. The molecule has 6 N–H and O–H groups in total. The molecule has 8 nitrogen and oxygen atoms in total. The van der Waals surface area contributed by atoms with Crippen LogP contribution in [0.25, 0.3) is 5.76 Å². The second kappa shape index (κ2) is 7.53. The van der Waals surface area contributed by atoms with Crippen molar-refractivity contribution in [1.29, 1.82) is 0 Å². The summed E-state index contributed by atoms with van der Waals surface area (Å²) in [5, 5.41) is 42.9. The summed E-state index contributed by atoms with van der Waals surface area (Å²) in [7, 11) is 0. The second-order valence-corrected chi connectivity index (χ2v) is 8.08. The summed E-state index contributed by atoms with van der Waals surface area (Å²) in [5.74, 6) is -7.50. The van der Waals surface area contributed by atoms with Gasteiger partial charge in [-0.05, 0) is 29.9 Å². The normalized spacial score (nSPS) is 31.9. The summed E-state index contributed by atoms with van der Waals surface area (Å²) in [6.07, 6.45) is 0.112. The SMILES string of the molecule is CC.C[C@@H]1C(=O)C(C(N)=O)=C(O)[C@@]2(O)C(=O)C3=C(O)c4c(O)cccc4[C@H](C)[C@H]3C[C@@H]12. The molecule has 31 heavy (non-hydrogen) atoms. The molecule has 0 unspecified atom stereocenters. The smallest absolute Gasteiger partial charge is 0.255 e. The van der Waals surface area contributed by atoms with Gasteiger partial charge in [-0.1, -0.05) is 39.8 Å². The fourth-order valence-corrected chi connectivity index (χ4v) is 5.19. The monoisotopic (exact) mass is 429 g/mol. The first-order valence-corrected chi connectivity index (χ1v) is 10.3. The number of benzene rings is 1. The standard InChI is InChI=1S/C21H21NO7.C2H6/c1-7-9-4-3-5-12(23)13(9)17(25)14-10(7)6-11-8(2)16(24)15(20(22)28)19(27)21(11,29)18(14)26;1-2/h3-5,7-8,10-11,23,25,27,29H,6H2,1-2H3,(H2,22,28);1-2H3/t7-,8-,10+,11-,21-;/m0./s1.